The van der Waals surface area contributed by atoms with Crippen molar-refractivity contribution in [3.05, 3.63) is 66.0 Å². The van der Waals surface area contributed by atoms with Crippen molar-refractivity contribution >= 4 is 18.1 Å². The molecule has 0 radical (unpaired) electrons. The Morgan fingerprint density at radius 3 is 2.52 bits per heavy atom. The number of aromatic nitrogens is 1. The highest BCUT2D eigenvalue weighted by atomic mass is 16.2. The minimum atomic E-state index is -0.698. The van der Waals surface area contributed by atoms with E-state index in [4.69, 9.17) is 0 Å². The number of hydrogen-bond donors (Lipinski definition) is 2. The molecule has 2 N–H and O–H groups in total. The molecule has 0 saturated carbocycles. The molecule has 0 aliphatic carbocycles. The van der Waals surface area contributed by atoms with Crippen LogP contribution in [0.1, 0.15) is 35.3 Å². The van der Waals surface area contributed by atoms with E-state index in [1.807, 2.05) is 18.2 Å². The summed E-state index contributed by atoms with van der Waals surface area (Å²) in [5.41, 5.74) is 1.22. The van der Waals surface area contributed by atoms with Crippen LogP contribution in [0.15, 0.2) is 54.7 Å². The van der Waals surface area contributed by atoms with Gasteiger partial charge >= 0.3 is 0 Å². The Morgan fingerprint density at radius 1 is 1.08 bits per heavy atom. The molecule has 2 aromatic rings. The zero-order valence-corrected chi connectivity index (χ0v) is 13.9. The van der Waals surface area contributed by atoms with E-state index in [1.54, 1.807) is 36.5 Å². The van der Waals surface area contributed by atoms with E-state index in [-0.39, 0.29) is 18.4 Å². The molecule has 1 aromatic heterocycles. The van der Waals surface area contributed by atoms with Gasteiger partial charge in [0.05, 0.1) is 12.2 Å². The van der Waals surface area contributed by atoms with E-state index in [2.05, 4.69) is 15.6 Å². The predicted octanol–water partition coefficient (Wildman–Crippen LogP) is 1.87. The number of benzene rings is 1. The Hall–Kier alpha value is -3.02. The summed E-state index contributed by atoms with van der Waals surface area (Å²) >= 11 is 0. The maximum absolute atomic E-state index is 12.4. The van der Waals surface area contributed by atoms with Gasteiger partial charge in [-0.3, -0.25) is 14.6 Å². The lowest BCUT2D eigenvalue weighted by Crippen LogP contribution is -2.46. The van der Waals surface area contributed by atoms with Crippen LogP contribution in [0.4, 0.5) is 0 Å². The summed E-state index contributed by atoms with van der Waals surface area (Å²) in [4.78, 5) is 39.4. The molecule has 25 heavy (non-hydrogen) atoms. The van der Waals surface area contributed by atoms with Crippen molar-refractivity contribution in [1.82, 2.24) is 15.6 Å². The second-order valence-corrected chi connectivity index (χ2v) is 5.53. The fourth-order valence-electron chi connectivity index (χ4n) is 2.31. The van der Waals surface area contributed by atoms with Gasteiger partial charge in [0.2, 0.25) is 5.91 Å². The number of carbonyl (C=O) groups excluding carboxylic acids is 3. The Bertz CT molecular complexity index is 690. The van der Waals surface area contributed by atoms with Gasteiger partial charge in [-0.05, 0) is 37.1 Å². The monoisotopic (exact) mass is 339 g/mol. The molecule has 0 fully saturated rings. The molecule has 130 valence electrons. The number of aldehydes is 1. The minimum absolute atomic E-state index is 0.283. The highest BCUT2D eigenvalue weighted by Crippen LogP contribution is 2.05. The van der Waals surface area contributed by atoms with E-state index in [9.17, 15) is 14.4 Å². The summed E-state index contributed by atoms with van der Waals surface area (Å²) in [5, 5.41) is 5.52. The summed E-state index contributed by atoms with van der Waals surface area (Å²) < 4.78 is 0. The number of nitrogens with zero attached hydrogens (tertiary/aromatic N) is 1. The summed E-state index contributed by atoms with van der Waals surface area (Å²) in [5.74, 6) is -0.606. The van der Waals surface area contributed by atoms with Gasteiger partial charge in [0, 0.05) is 18.2 Å². The van der Waals surface area contributed by atoms with Gasteiger partial charge in [-0.1, -0.05) is 24.3 Å². The molecule has 1 aromatic carbocycles. The average molecular weight is 339 g/mol. The molecular formula is C19H21N3O3. The lowest BCUT2D eigenvalue weighted by atomic mass is 10.1. The van der Waals surface area contributed by atoms with Crippen LogP contribution in [0.5, 0.6) is 0 Å². The van der Waals surface area contributed by atoms with Gasteiger partial charge in [-0.25, -0.2) is 0 Å². The quantitative estimate of drug-likeness (QED) is 0.539. The fourth-order valence-corrected chi connectivity index (χ4v) is 2.31. The molecule has 1 atom stereocenters. The van der Waals surface area contributed by atoms with Crippen LogP contribution < -0.4 is 10.6 Å². The summed E-state index contributed by atoms with van der Waals surface area (Å²) in [7, 11) is 0. The molecule has 6 nitrogen and oxygen atoms in total. The van der Waals surface area contributed by atoms with Crippen LogP contribution in [0.2, 0.25) is 0 Å². The van der Waals surface area contributed by atoms with E-state index in [1.165, 1.54) is 0 Å². The Labute approximate surface area is 146 Å². The molecular weight excluding hydrogens is 318 g/mol. The summed E-state index contributed by atoms with van der Waals surface area (Å²) in [6, 6.07) is 13.5. The fraction of sp³-hybridized carbons (Fsp3) is 0.263. The zero-order valence-electron chi connectivity index (χ0n) is 13.9. The van der Waals surface area contributed by atoms with Crippen molar-refractivity contribution in [2.45, 2.75) is 31.8 Å². The van der Waals surface area contributed by atoms with E-state index in [0.717, 1.165) is 12.0 Å². The van der Waals surface area contributed by atoms with Crippen molar-refractivity contribution in [1.29, 1.82) is 0 Å². The van der Waals surface area contributed by atoms with Crippen LogP contribution >= 0.6 is 0 Å². The molecule has 0 bridgehead atoms. The van der Waals surface area contributed by atoms with Crippen molar-refractivity contribution < 1.29 is 14.4 Å². The number of hydrogen-bond acceptors (Lipinski definition) is 4. The van der Waals surface area contributed by atoms with E-state index >= 15 is 0 Å². The summed E-state index contributed by atoms with van der Waals surface area (Å²) in [6.45, 7) is 0.283. The van der Waals surface area contributed by atoms with Crippen molar-refractivity contribution in [2.75, 3.05) is 0 Å². The largest absolute Gasteiger partial charge is 0.349 e. The third-order valence-corrected chi connectivity index (χ3v) is 3.64. The molecule has 2 amide bonds. The third-order valence-electron chi connectivity index (χ3n) is 3.64. The molecule has 2 rings (SSSR count). The van der Waals surface area contributed by atoms with Crippen LogP contribution in [0, 0.1) is 0 Å². The number of rotatable bonds is 9. The van der Waals surface area contributed by atoms with Gasteiger partial charge in [0.15, 0.2) is 0 Å². The van der Waals surface area contributed by atoms with Crippen LogP contribution in [-0.2, 0) is 16.1 Å². The smallest absolute Gasteiger partial charge is 0.251 e. The molecule has 6 heteroatoms. The number of carbonyl (C=O) groups is 3. The predicted molar refractivity (Wildman–Crippen MR) is 93.7 cm³/mol. The van der Waals surface area contributed by atoms with Gasteiger partial charge in [-0.2, -0.15) is 0 Å². The second kappa shape index (κ2) is 9.97. The van der Waals surface area contributed by atoms with Crippen molar-refractivity contribution in [2.24, 2.45) is 0 Å². The van der Waals surface area contributed by atoms with Crippen molar-refractivity contribution in [3.8, 4) is 0 Å². The van der Waals surface area contributed by atoms with Crippen LogP contribution in [-0.4, -0.2) is 29.1 Å². The lowest BCUT2D eigenvalue weighted by Gasteiger charge is -2.18. The Morgan fingerprint density at radius 2 is 1.84 bits per heavy atom. The maximum Gasteiger partial charge on any atom is 0.251 e. The first kappa shape index (κ1) is 18.3. The molecule has 0 aliphatic heterocycles. The topological polar surface area (TPSA) is 88.2 Å². The average Bonchev–Trinajstić information content (AvgIpc) is 2.67. The van der Waals surface area contributed by atoms with Gasteiger partial charge < -0.3 is 15.4 Å². The first-order valence-corrected chi connectivity index (χ1v) is 8.18. The van der Waals surface area contributed by atoms with E-state index in [0.29, 0.717) is 24.8 Å². The summed E-state index contributed by atoms with van der Waals surface area (Å²) in [6.07, 6.45) is 3.74. The lowest BCUT2D eigenvalue weighted by molar-refractivity contribution is -0.123. The number of nitrogens with one attached hydrogen (secondary N) is 2. The van der Waals surface area contributed by atoms with Crippen molar-refractivity contribution in [3.63, 3.8) is 0 Å². The minimum Gasteiger partial charge on any atom is -0.349 e. The SMILES string of the molecule is O=CCCCC(NC(=O)c1ccccc1)C(=O)NCc1ccccn1. The number of amides is 2. The molecule has 0 spiro atoms. The molecule has 0 aliphatic rings. The van der Waals surface area contributed by atoms with Gasteiger partial charge in [0.1, 0.15) is 12.3 Å². The first-order chi connectivity index (χ1) is 12.2. The van der Waals surface area contributed by atoms with E-state index < -0.39 is 6.04 Å². The van der Waals surface area contributed by atoms with Crippen LogP contribution in [0.3, 0.4) is 0 Å². The first-order valence-electron chi connectivity index (χ1n) is 8.18. The number of pyridine rings is 1. The highest BCUT2D eigenvalue weighted by Gasteiger charge is 2.20. The Kier molecular flexibility index (Phi) is 7.31. The maximum atomic E-state index is 12.4. The second-order valence-electron chi connectivity index (χ2n) is 5.53. The molecule has 0 saturated heterocycles. The van der Waals surface area contributed by atoms with Gasteiger partial charge in [-0.15, -0.1) is 0 Å². The van der Waals surface area contributed by atoms with Gasteiger partial charge in [0.25, 0.3) is 5.91 Å². The standard InChI is InChI=1S/C19H21N3O3/c23-13-7-5-11-17(22-18(24)15-8-2-1-3-9-15)19(25)21-14-16-10-4-6-12-20-16/h1-4,6,8-10,12-13,17H,5,7,11,14H2,(H,21,25)(H,22,24). The highest BCUT2D eigenvalue weighted by molar-refractivity contribution is 5.97. The molecule has 1 unspecified atom stereocenters. The zero-order chi connectivity index (χ0) is 17.9. The number of unbranched alkanes of at least 4 members (excludes halogenated alkanes) is 1. The molecule has 1 heterocycles. The van der Waals surface area contributed by atoms with Crippen LogP contribution in [0.25, 0.3) is 0 Å². The Balaban J connectivity index is 1.97. The normalized spacial score (nSPS) is 11.4. The third kappa shape index (κ3) is 6.18.